The Kier molecular flexibility index (Phi) is 3.65. The van der Waals surface area contributed by atoms with E-state index in [0.29, 0.717) is 11.5 Å². The number of benzene rings is 1. The molecule has 0 amide bonds. The minimum atomic E-state index is -0.408. The minimum absolute atomic E-state index is 0.00405. The number of hydrogen-bond acceptors (Lipinski definition) is 4. The van der Waals surface area contributed by atoms with Crippen LogP contribution in [0.4, 0.5) is 0 Å². The third-order valence-corrected chi connectivity index (χ3v) is 2.66. The number of aliphatic hydroxyl groups is 1. The molecule has 0 spiro atoms. The van der Waals surface area contributed by atoms with Crippen molar-refractivity contribution in [1.29, 1.82) is 0 Å². The Bertz CT molecular complexity index is 346. The van der Waals surface area contributed by atoms with Gasteiger partial charge in [0, 0.05) is 5.41 Å². The van der Waals surface area contributed by atoms with E-state index in [-0.39, 0.29) is 12.4 Å². The van der Waals surface area contributed by atoms with Crippen molar-refractivity contribution in [3.05, 3.63) is 17.7 Å². The molecule has 0 atom stereocenters. The lowest BCUT2D eigenvalue weighted by Gasteiger charge is -2.23. The van der Waals surface area contributed by atoms with Crippen LogP contribution < -0.4 is 9.47 Å². The van der Waals surface area contributed by atoms with Crippen LogP contribution in [0.5, 0.6) is 17.2 Å². The zero-order chi connectivity index (χ0) is 12.3. The van der Waals surface area contributed by atoms with E-state index < -0.39 is 5.41 Å². The summed E-state index contributed by atoms with van der Waals surface area (Å²) in [6, 6.07) is 3.40. The second kappa shape index (κ2) is 4.61. The van der Waals surface area contributed by atoms with Crippen molar-refractivity contribution in [2.45, 2.75) is 19.3 Å². The standard InChI is InChI=1S/C12H18O4/c1-12(2,7-13)8-5-9(15-3)11(14)10(6-8)16-4/h5-6,13-14H,7H2,1-4H3. The molecule has 2 N–H and O–H groups in total. The number of ether oxygens (including phenoxy) is 2. The van der Waals surface area contributed by atoms with E-state index in [4.69, 9.17) is 9.47 Å². The van der Waals surface area contributed by atoms with Crippen LogP contribution in [0.3, 0.4) is 0 Å². The first-order valence-electron chi connectivity index (χ1n) is 5.02. The Morgan fingerprint density at radius 2 is 1.56 bits per heavy atom. The molecule has 90 valence electrons. The monoisotopic (exact) mass is 226 g/mol. The maximum Gasteiger partial charge on any atom is 0.200 e. The second-order valence-corrected chi connectivity index (χ2v) is 4.27. The molecular formula is C12H18O4. The summed E-state index contributed by atoms with van der Waals surface area (Å²) in [6.45, 7) is 3.81. The lowest BCUT2D eigenvalue weighted by molar-refractivity contribution is 0.217. The lowest BCUT2D eigenvalue weighted by atomic mass is 9.85. The molecule has 0 bridgehead atoms. The van der Waals surface area contributed by atoms with E-state index in [1.165, 1.54) is 14.2 Å². The normalized spacial score (nSPS) is 11.3. The van der Waals surface area contributed by atoms with E-state index in [1.54, 1.807) is 12.1 Å². The molecule has 0 fully saturated rings. The first kappa shape index (κ1) is 12.6. The smallest absolute Gasteiger partial charge is 0.200 e. The van der Waals surface area contributed by atoms with E-state index in [2.05, 4.69) is 0 Å². The number of phenolic OH excluding ortho intramolecular Hbond substituents is 1. The average Bonchev–Trinajstić information content (AvgIpc) is 2.29. The van der Waals surface area contributed by atoms with Gasteiger partial charge in [-0.15, -0.1) is 0 Å². The molecule has 0 saturated carbocycles. The van der Waals surface area contributed by atoms with Gasteiger partial charge in [0.2, 0.25) is 5.75 Å². The molecule has 1 rings (SSSR count). The summed E-state index contributed by atoms with van der Waals surface area (Å²) in [5.74, 6) is 0.661. The van der Waals surface area contributed by atoms with Crippen molar-refractivity contribution >= 4 is 0 Å². The topological polar surface area (TPSA) is 58.9 Å². The molecule has 0 aromatic heterocycles. The average molecular weight is 226 g/mol. The van der Waals surface area contributed by atoms with Crippen molar-refractivity contribution in [2.24, 2.45) is 0 Å². The quantitative estimate of drug-likeness (QED) is 0.820. The van der Waals surface area contributed by atoms with Gasteiger partial charge >= 0.3 is 0 Å². The molecule has 0 heterocycles. The Balaban J connectivity index is 3.32. The Morgan fingerprint density at radius 3 is 1.88 bits per heavy atom. The molecule has 0 aliphatic rings. The summed E-state index contributed by atoms with van der Waals surface area (Å²) in [5, 5.41) is 19.0. The van der Waals surface area contributed by atoms with Crippen LogP contribution in [0.15, 0.2) is 12.1 Å². The second-order valence-electron chi connectivity index (χ2n) is 4.27. The lowest BCUT2D eigenvalue weighted by Crippen LogP contribution is -2.22. The molecule has 0 aliphatic heterocycles. The molecule has 4 heteroatoms. The summed E-state index contributed by atoms with van der Waals surface area (Å²) in [4.78, 5) is 0. The summed E-state index contributed by atoms with van der Waals surface area (Å²) < 4.78 is 10.1. The van der Waals surface area contributed by atoms with Crippen molar-refractivity contribution in [3.8, 4) is 17.2 Å². The fourth-order valence-corrected chi connectivity index (χ4v) is 1.38. The number of phenols is 1. The highest BCUT2D eigenvalue weighted by molar-refractivity contribution is 5.54. The predicted octanol–water partition coefficient (Wildman–Crippen LogP) is 1.68. The fraction of sp³-hybridized carbons (Fsp3) is 0.500. The first-order valence-corrected chi connectivity index (χ1v) is 5.02. The Hall–Kier alpha value is -1.42. The van der Waals surface area contributed by atoms with Gasteiger partial charge in [-0.2, -0.15) is 0 Å². The summed E-state index contributed by atoms with van der Waals surface area (Å²) in [7, 11) is 2.95. The fourth-order valence-electron chi connectivity index (χ4n) is 1.38. The molecular weight excluding hydrogens is 208 g/mol. The van der Waals surface area contributed by atoms with Gasteiger partial charge in [0.25, 0.3) is 0 Å². The maximum atomic E-state index is 9.74. The zero-order valence-corrected chi connectivity index (χ0v) is 10.1. The highest BCUT2D eigenvalue weighted by atomic mass is 16.5. The molecule has 0 radical (unpaired) electrons. The van der Waals surface area contributed by atoms with Crippen molar-refractivity contribution in [1.82, 2.24) is 0 Å². The van der Waals surface area contributed by atoms with Crippen molar-refractivity contribution < 1.29 is 19.7 Å². The van der Waals surface area contributed by atoms with Crippen LogP contribution >= 0.6 is 0 Å². The van der Waals surface area contributed by atoms with Crippen LogP contribution in [0, 0.1) is 0 Å². The van der Waals surface area contributed by atoms with Crippen molar-refractivity contribution in [3.63, 3.8) is 0 Å². The molecule has 16 heavy (non-hydrogen) atoms. The third kappa shape index (κ3) is 2.22. The highest BCUT2D eigenvalue weighted by Gasteiger charge is 2.23. The van der Waals surface area contributed by atoms with Crippen molar-refractivity contribution in [2.75, 3.05) is 20.8 Å². The summed E-state index contributed by atoms with van der Waals surface area (Å²) >= 11 is 0. The van der Waals surface area contributed by atoms with Gasteiger partial charge in [0.1, 0.15) is 0 Å². The van der Waals surface area contributed by atoms with Crippen LogP contribution in [-0.2, 0) is 5.41 Å². The van der Waals surface area contributed by atoms with Crippen LogP contribution in [0.1, 0.15) is 19.4 Å². The van der Waals surface area contributed by atoms with E-state index in [1.807, 2.05) is 13.8 Å². The van der Waals surface area contributed by atoms with Crippen LogP contribution in [-0.4, -0.2) is 31.0 Å². The number of aromatic hydroxyl groups is 1. The molecule has 0 aliphatic carbocycles. The third-order valence-electron chi connectivity index (χ3n) is 2.66. The van der Waals surface area contributed by atoms with Gasteiger partial charge in [-0.1, -0.05) is 13.8 Å². The van der Waals surface area contributed by atoms with Gasteiger partial charge in [-0.05, 0) is 17.7 Å². The van der Waals surface area contributed by atoms with E-state index in [0.717, 1.165) is 5.56 Å². The first-order chi connectivity index (χ1) is 7.46. The SMILES string of the molecule is COc1cc(C(C)(C)CO)cc(OC)c1O. The predicted molar refractivity (Wildman–Crippen MR) is 61.3 cm³/mol. The molecule has 4 nitrogen and oxygen atoms in total. The summed E-state index contributed by atoms with van der Waals surface area (Å²) in [5.41, 5.74) is 0.440. The largest absolute Gasteiger partial charge is 0.502 e. The molecule has 0 unspecified atom stereocenters. The Labute approximate surface area is 95.4 Å². The highest BCUT2D eigenvalue weighted by Crippen LogP contribution is 2.40. The summed E-state index contributed by atoms with van der Waals surface area (Å²) in [6.07, 6.45) is 0. The zero-order valence-electron chi connectivity index (χ0n) is 10.1. The molecule has 1 aromatic carbocycles. The molecule has 1 aromatic rings. The van der Waals surface area contributed by atoms with Crippen LogP contribution in [0.2, 0.25) is 0 Å². The van der Waals surface area contributed by atoms with Gasteiger partial charge in [-0.25, -0.2) is 0 Å². The van der Waals surface area contributed by atoms with Gasteiger partial charge < -0.3 is 19.7 Å². The van der Waals surface area contributed by atoms with E-state index >= 15 is 0 Å². The van der Waals surface area contributed by atoms with E-state index in [9.17, 15) is 10.2 Å². The van der Waals surface area contributed by atoms with Gasteiger partial charge in [0.15, 0.2) is 11.5 Å². The molecule has 0 saturated heterocycles. The minimum Gasteiger partial charge on any atom is -0.502 e. The van der Waals surface area contributed by atoms with Gasteiger partial charge in [-0.3, -0.25) is 0 Å². The number of aliphatic hydroxyl groups excluding tert-OH is 1. The number of rotatable bonds is 4. The van der Waals surface area contributed by atoms with Crippen LogP contribution in [0.25, 0.3) is 0 Å². The maximum absolute atomic E-state index is 9.74. The number of methoxy groups -OCH3 is 2. The van der Waals surface area contributed by atoms with Gasteiger partial charge in [0.05, 0.1) is 20.8 Å². The Morgan fingerprint density at radius 1 is 1.12 bits per heavy atom. The number of hydrogen-bond donors (Lipinski definition) is 2.